The first-order valence-corrected chi connectivity index (χ1v) is 9.41. The number of benzene rings is 3. The van der Waals surface area contributed by atoms with E-state index in [4.69, 9.17) is 25.8 Å². The van der Waals surface area contributed by atoms with Crippen LogP contribution in [-0.2, 0) is 0 Å². The molecule has 5 nitrogen and oxygen atoms in total. The minimum absolute atomic E-state index is 0.205. The van der Waals surface area contributed by atoms with Crippen LogP contribution in [0.25, 0.3) is 6.08 Å². The summed E-state index contributed by atoms with van der Waals surface area (Å²) in [7, 11) is 3.05. The lowest BCUT2D eigenvalue weighted by Gasteiger charge is -2.08. The summed E-state index contributed by atoms with van der Waals surface area (Å²) in [6, 6.07) is 18.5. The smallest absolute Gasteiger partial charge is 0.345 e. The van der Waals surface area contributed by atoms with Crippen molar-refractivity contribution in [1.82, 2.24) is 0 Å². The number of esters is 1. The van der Waals surface area contributed by atoms with E-state index in [1.165, 1.54) is 13.2 Å². The Balaban J connectivity index is 1.68. The van der Waals surface area contributed by atoms with Crippen LogP contribution in [0.1, 0.15) is 26.3 Å². The number of carbonyl (C=O) groups is 2. The predicted octanol–water partition coefficient (Wildman–Crippen LogP) is 5.47. The summed E-state index contributed by atoms with van der Waals surface area (Å²) in [6.45, 7) is 0. The quantitative estimate of drug-likeness (QED) is 0.218. The van der Waals surface area contributed by atoms with Crippen molar-refractivity contribution in [3.63, 3.8) is 0 Å². The minimum Gasteiger partial charge on any atom is -0.497 e. The molecule has 0 saturated heterocycles. The fourth-order valence-electron chi connectivity index (χ4n) is 2.70. The molecule has 6 heteroatoms. The van der Waals surface area contributed by atoms with Gasteiger partial charge in [0.15, 0.2) is 5.78 Å². The Hall–Kier alpha value is -3.57. The third-order valence-corrected chi connectivity index (χ3v) is 4.62. The number of ketones is 1. The van der Waals surface area contributed by atoms with Crippen LogP contribution in [0.2, 0.25) is 5.02 Å². The van der Waals surface area contributed by atoms with Crippen molar-refractivity contribution in [2.24, 2.45) is 0 Å². The van der Waals surface area contributed by atoms with Gasteiger partial charge in [0.25, 0.3) is 0 Å². The van der Waals surface area contributed by atoms with Crippen LogP contribution in [0.4, 0.5) is 0 Å². The summed E-state index contributed by atoms with van der Waals surface area (Å²) in [6.07, 6.45) is 3.13. The van der Waals surface area contributed by atoms with E-state index < -0.39 is 5.97 Å². The van der Waals surface area contributed by atoms with Crippen molar-refractivity contribution in [2.45, 2.75) is 0 Å². The summed E-state index contributed by atoms with van der Waals surface area (Å²) < 4.78 is 15.7. The van der Waals surface area contributed by atoms with Gasteiger partial charge in [0.1, 0.15) is 17.2 Å². The van der Waals surface area contributed by atoms with Gasteiger partial charge in [0.05, 0.1) is 30.4 Å². The van der Waals surface area contributed by atoms with Crippen molar-refractivity contribution >= 4 is 29.4 Å². The number of hydrogen-bond acceptors (Lipinski definition) is 5. The topological polar surface area (TPSA) is 61.8 Å². The summed E-state index contributed by atoms with van der Waals surface area (Å²) in [4.78, 5) is 24.7. The molecule has 30 heavy (non-hydrogen) atoms. The molecule has 0 heterocycles. The fourth-order valence-corrected chi connectivity index (χ4v) is 2.91. The molecule has 0 radical (unpaired) electrons. The lowest BCUT2D eigenvalue weighted by atomic mass is 10.1. The van der Waals surface area contributed by atoms with Crippen molar-refractivity contribution in [3.8, 4) is 17.2 Å². The van der Waals surface area contributed by atoms with Crippen molar-refractivity contribution < 1.29 is 23.8 Å². The Kier molecular flexibility index (Phi) is 6.88. The molecule has 0 aliphatic rings. The molecule has 0 fully saturated rings. The SMILES string of the molecule is COc1ccc(C(=O)C=Cc2ccc(OC(=O)c3ccccc3Cl)cc2)c(OC)c1. The Morgan fingerprint density at radius 1 is 0.833 bits per heavy atom. The fraction of sp³-hybridized carbons (Fsp3) is 0.0833. The highest BCUT2D eigenvalue weighted by Gasteiger charge is 2.12. The molecule has 3 rings (SSSR count). The van der Waals surface area contributed by atoms with Crippen LogP contribution >= 0.6 is 11.6 Å². The van der Waals surface area contributed by atoms with Gasteiger partial charge in [0, 0.05) is 6.07 Å². The van der Waals surface area contributed by atoms with Crippen LogP contribution < -0.4 is 14.2 Å². The van der Waals surface area contributed by atoms with E-state index >= 15 is 0 Å². The highest BCUT2D eigenvalue weighted by Crippen LogP contribution is 2.25. The molecular formula is C24H19ClO5. The van der Waals surface area contributed by atoms with Gasteiger partial charge in [-0.15, -0.1) is 0 Å². The average Bonchev–Trinajstić information content (AvgIpc) is 2.78. The monoisotopic (exact) mass is 422 g/mol. The van der Waals surface area contributed by atoms with Gasteiger partial charge in [0.2, 0.25) is 0 Å². The molecule has 0 aromatic heterocycles. The number of carbonyl (C=O) groups excluding carboxylic acids is 2. The van der Waals surface area contributed by atoms with Gasteiger partial charge in [-0.2, -0.15) is 0 Å². The van der Waals surface area contributed by atoms with E-state index in [1.807, 2.05) is 0 Å². The first-order chi connectivity index (χ1) is 14.5. The van der Waals surface area contributed by atoms with Crippen LogP contribution in [-0.4, -0.2) is 26.0 Å². The average molecular weight is 423 g/mol. The summed E-state index contributed by atoms with van der Waals surface area (Å²) >= 11 is 6.01. The second kappa shape index (κ2) is 9.76. The third kappa shape index (κ3) is 5.07. The van der Waals surface area contributed by atoms with E-state index in [0.717, 1.165) is 5.56 Å². The Morgan fingerprint density at radius 3 is 2.20 bits per heavy atom. The van der Waals surface area contributed by atoms with Crippen molar-refractivity contribution in [3.05, 3.63) is 94.5 Å². The Labute approximate surface area is 179 Å². The van der Waals surface area contributed by atoms with Gasteiger partial charge in [-0.3, -0.25) is 4.79 Å². The minimum atomic E-state index is -0.536. The van der Waals surface area contributed by atoms with E-state index in [1.54, 1.807) is 79.9 Å². The van der Waals surface area contributed by atoms with Crippen molar-refractivity contribution in [2.75, 3.05) is 14.2 Å². The number of allylic oxidation sites excluding steroid dienone is 1. The summed E-state index contributed by atoms with van der Waals surface area (Å²) in [5.74, 6) is 0.676. The molecule has 0 unspecified atom stereocenters. The lowest BCUT2D eigenvalue weighted by Crippen LogP contribution is -2.08. The largest absolute Gasteiger partial charge is 0.497 e. The Morgan fingerprint density at radius 2 is 1.53 bits per heavy atom. The van der Waals surface area contributed by atoms with E-state index in [0.29, 0.717) is 33.4 Å². The second-order valence-electron chi connectivity index (χ2n) is 6.20. The second-order valence-corrected chi connectivity index (χ2v) is 6.61. The molecule has 0 aliphatic heterocycles. The van der Waals surface area contributed by atoms with Crippen LogP contribution in [0.5, 0.6) is 17.2 Å². The summed E-state index contributed by atoms with van der Waals surface area (Å²) in [5.41, 5.74) is 1.50. The Bertz CT molecular complexity index is 1090. The molecule has 0 amide bonds. The van der Waals surface area contributed by atoms with Crippen LogP contribution in [0.3, 0.4) is 0 Å². The molecule has 0 atom stereocenters. The molecule has 3 aromatic rings. The number of rotatable bonds is 7. The standard InChI is InChI=1S/C24H19ClO5/c1-28-18-12-13-20(23(15-18)29-2)22(26)14-9-16-7-10-17(11-8-16)30-24(27)19-5-3-4-6-21(19)25/h3-15H,1-2H3. The lowest BCUT2D eigenvalue weighted by molar-refractivity contribution is 0.0734. The van der Waals surface area contributed by atoms with Crippen LogP contribution in [0, 0.1) is 0 Å². The maximum Gasteiger partial charge on any atom is 0.345 e. The molecule has 0 N–H and O–H groups in total. The zero-order valence-electron chi connectivity index (χ0n) is 16.4. The number of hydrogen-bond donors (Lipinski definition) is 0. The molecule has 0 spiro atoms. The normalized spacial score (nSPS) is 10.6. The van der Waals surface area contributed by atoms with Gasteiger partial charge >= 0.3 is 5.97 Å². The maximum absolute atomic E-state index is 12.5. The molecule has 0 bridgehead atoms. The number of ether oxygens (including phenoxy) is 3. The first kappa shape index (κ1) is 21.1. The number of halogens is 1. The predicted molar refractivity (Wildman–Crippen MR) is 116 cm³/mol. The van der Waals surface area contributed by atoms with Crippen LogP contribution in [0.15, 0.2) is 72.8 Å². The molecule has 152 valence electrons. The van der Waals surface area contributed by atoms with E-state index in [-0.39, 0.29) is 5.78 Å². The molecular weight excluding hydrogens is 404 g/mol. The van der Waals surface area contributed by atoms with Gasteiger partial charge in [-0.05, 0) is 48.0 Å². The zero-order chi connectivity index (χ0) is 21.5. The zero-order valence-corrected chi connectivity index (χ0v) is 17.2. The first-order valence-electron chi connectivity index (χ1n) is 9.03. The molecule has 3 aromatic carbocycles. The summed E-state index contributed by atoms with van der Waals surface area (Å²) in [5, 5.41) is 0.328. The third-order valence-electron chi connectivity index (χ3n) is 4.29. The van der Waals surface area contributed by atoms with E-state index in [9.17, 15) is 9.59 Å². The van der Waals surface area contributed by atoms with Gasteiger partial charge in [-0.1, -0.05) is 41.9 Å². The molecule has 0 saturated carbocycles. The maximum atomic E-state index is 12.5. The molecule has 0 aliphatic carbocycles. The van der Waals surface area contributed by atoms with E-state index in [2.05, 4.69) is 0 Å². The van der Waals surface area contributed by atoms with Gasteiger partial charge < -0.3 is 14.2 Å². The highest BCUT2D eigenvalue weighted by atomic mass is 35.5. The van der Waals surface area contributed by atoms with Crippen molar-refractivity contribution in [1.29, 1.82) is 0 Å². The number of methoxy groups -OCH3 is 2. The van der Waals surface area contributed by atoms with Gasteiger partial charge in [-0.25, -0.2) is 4.79 Å². The highest BCUT2D eigenvalue weighted by molar-refractivity contribution is 6.33.